The molecular formula is C32H28ClN3O7. The van der Waals surface area contributed by atoms with E-state index in [1.54, 1.807) is 14.2 Å². The van der Waals surface area contributed by atoms with Crippen molar-refractivity contribution < 1.29 is 28.7 Å². The number of anilines is 1. The number of nitro benzene ring substituents is 1. The lowest BCUT2D eigenvalue weighted by Crippen LogP contribution is -2.30. The van der Waals surface area contributed by atoms with Crippen LogP contribution in [-0.2, 0) is 16.0 Å². The van der Waals surface area contributed by atoms with E-state index in [0.717, 1.165) is 35.6 Å². The third kappa shape index (κ3) is 6.14. The highest BCUT2D eigenvalue weighted by Gasteiger charge is 2.28. The van der Waals surface area contributed by atoms with Crippen molar-refractivity contribution in [2.45, 2.75) is 32.3 Å². The zero-order chi connectivity index (χ0) is 30.7. The summed E-state index contributed by atoms with van der Waals surface area (Å²) in [6.45, 7) is 1.45. The van der Waals surface area contributed by atoms with Crippen LogP contribution in [0.4, 0.5) is 11.4 Å². The van der Waals surface area contributed by atoms with Crippen molar-refractivity contribution >= 4 is 57.4 Å². The van der Waals surface area contributed by atoms with Gasteiger partial charge in [0.05, 0.1) is 46.6 Å². The molecule has 1 heterocycles. The van der Waals surface area contributed by atoms with Gasteiger partial charge in [0.25, 0.3) is 11.6 Å². The van der Waals surface area contributed by atoms with E-state index < -0.39 is 22.9 Å². The van der Waals surface area contributed by atoms with E-state index in [9.17, 15) is 19.7 Å². The fourth-order valence-corrected chi connectivity index (χ4v) is 5.30. The Balaban J connectivity index is 1.46. The number of nitrogens with zero attached hydrogens (tertiary/aromatic N) is 2. The van der Waals surface area contributed by atoms with E-state index in [-0.39, 0.29) is 16.4 Å². The number of carbonyl (C=O) groups is 2. The SMILES string of the molecule is COc1ccc(/C=C2/CCCc3c2nc2ccccc2c3C(=O)O[C@@H](C)C(=O)Nc2ccc([N+](=O)[O-])cc2Cl)cc1OC. The summed E-state index contributed by atoms with van der Waals surface area (Å²) in [5.74, 6) is -0.0622. The van der Waals surface area contributed by atoms with Crippen molar-refractivity contribution in [1.29, 1.82) is 0 Å². The average Bonchev–Trinajstić information content (AvgIpc) is 3.00. The van der Waals surface area contributed by atoms with Crippen LogP contribution < -0.4 is 14.8 Å². The Labute approximate surface area is 252 Å². The minimum Gasteiger partial charge on any atom is -0.493 e. The topological polar surface area (TPSA) is 130 Å². The maximum atomic E-state index is 13.7. The predicted molar refractivity (Wildman–Crippen MR) is 164 cm³/mol. The molecule has 4 aromatic rings. The zero-order valence-corrected chi connectivity index (χ0v) is 24.4. The molecule has 0 saturated carbocycles. The van der Waals surface area contributed by atoms with Gasteiger partial charge in [-0.25, -0.2) is 9.78 Å². The summed E-state index contributed by atoms with van der Waals surface area (Å²) in [5.41, 5.74) is 4.28. The monoisotopic (exact) mass is 601 g/mol. The molecule has 1 N–H and O–H groups in total. The van der Waals surface area contributed by atoms with Crippen LogP contribution in [0.15, 0.2) is 60.7 Å². The van der Waals surface area contributed by atoms with Gasteiger partial charge in [-0.3, -0.25) is 14.9 Å². The van der Waals surface area contributed by atoms with Crippen LogP contribution in [0.5, 0.6) is 11.5 Å². The van der Waals surface area contributed by atoms with Crippen LogP contribution in [0.2, 0.25) is 5.02 Å². The first-order valence-corrected chi connectivity index (χ1v) is 13.9. The molecule has 1 amide bonds. The number of fused-ring (bicyclic) bond motifs is 2. The molecule has 0 spiro atoms. The van der Waals surface area contributed by atoms with E-state index in [4.69, 9.17) is 30.8 Å². The molecule has 220 valence electrons. The predicted octanol–water partition coefficient (Wildman–Crippen LogP) is 6.87. The summed E-state index contributed by atoms with van der Waals surface area (Å²) in [7, 11) is 3.16. The van der Waals surface area contributed by atoms with Gasteiger partial charge in [-0.15, -0.1) is 0 Å². The average molecular weight is 602 g/mol. The number of ether oxygens (including phenoxy) is 3. The number of pyridine rings is 1. The smallest absolute Gasteiger partial charge is 0.339 e. The second kappa shape index (κ2) is 12.5. The molecule has 10 nitrogen and oxygen atoms in total. The van der Waals surface area contributed by atoms with Gasteiger partial charge in [-0.1, -0.05) is 35.9 Å². The molecule has 3 aromatic carbocycles. The first-order valence-electron chi connectivity index (χ1n) is 13.5. The van der Waals surface area contributed by atoms with Crippen molar-refractivity contribution in [1.82, 2.24) is 4.98 Å². The Morgan fingerprint density at radius 2 is 1.81 bits per heavy atom. The minimum atomic E-state index is -1.19. The van der Waals surface area contributed by atoms with Crippen molar-refractivity contribution in [3.05, 3.63) is 98.2 Å². The molecule has 1 aromatic heterocycles. The van der Waals surface area contributed by atoms with Crippen LogP contribution in [0.25, 0.3) is 22.6 Å². The van der Waals surface area contributed by atoms with Crippen molar-refractivity contribution in [2.24, 2.45) is 0 Å². The Morgan fingerprint density at radius 1 is 1.05 bits per heavy atom. The number of amides is 1. The first-order chi connectivity index (χ1) is 20.7. The lowest BCUT2D eigenvalue weighted by atomic mass is 9.86. The summed E-state index contributed by atoms with van der Waals surface area (Å²) in [4.78, 5) is 42.0. The molecular weight excluding hydrogens is 574 g/mol. The second-order valence-corrected chi connectivity index (χ2v) is 10.3. The highest BCUT2D eigenvalue weighted by atomic mass is 35.5. The number of halogens is 1. The number of benzene rings is 3. The Morgan fingerprint density at radius 3 is 2.53 bits per heavy atom. The number of rotatable bonds is 8. The lowest BCUT2D eigenvalue weighted by molar-refractivity contribution is -0.384. The quantitative estimate of drug-likeness (QED) is 0.131. The number of nitro groups is 1. The number of carbonyl (C=O) groups excluding carboxylic acids is 2. The molecule has 0 saturated heterocycles. The Hall–Kier alpha value is -4.96. The molecule has 0 radical (unpaired) electrons. The molecule has 0 unspecified atom stereocenters. The molecule has 1 aliphatic carbocycles. The number of para-hydroxylation sites is 1. The molecule has 43 heavy (non-hydrogen) atoms. The number of methoxy groups -OCH3 is 2. The van der Waals surface area contributed by atoms with Gasteiger partial charge < -0.3 is 19.5 Å². The van der Waals surface area contributed by atoms with Gasteiger partial charge in [0, 0.05) is 17.5 Å². The summed E-state index contributed by atoms with van der Waals surface area (Å²) in [6.07, 6.45) is 3.00. The third-order valence-electron chi connectivity index (χ3n) is 7.20. The molecule has 5 rings (SSSR count). The van der Waals surface area contributed by atoms with Crippen LogP contribution in [-0.4, -0.2) is 42.1 Å². The minimum absolute atomic E-state index is 0.0101. The fourth-order valence-electron chi connectivity index (χ4n) is 5.08. The fraction of sp³-hybridized carbons (Fsp3) is 0.219. The number of hydrogen-bond acceptors (Lipinski definition) is 8. The van der Waals surface area contributed by atoms with Crippen LogP contribution in [0.3, 0.4) is 0 Å². The summed E-state index contributed by atoms with van der Waals surface area (Å²) in [5, 5.41) is 14.2. The van der Waals surface area contributed by atoms with Gasteiger partial charge >= 0.3 is 5.97 Å². The van der Waals surface area contributed by atoms with Gasteiger partial charge in [-0.05, 0) is 73.2 Å². The van der Waals surface area contributed by atoms with E-state index >= 15 is 0 Å². The normalized spacial score (nSPS) is 14.1. The molecule has 0 bridgehead atoms. The third-order valence-corrected chi connectivity index (χ3v) is 7.51. The van der Waals surface area contributed by atoms with Crippen LogP contribution >= 0.6 is 11.6 Å². The number of nitrogens with one attached hydrogen (secondary N) is 1. The second-order valence-electron chi connectivity index (χ2n) is 9.93. The Kier molecular flexibility index (Phi) is 8.58. The maximum Gasteiger partial charge on any atom is 0.339 e. The van der Waals surface area contributed by atoms with Gasteiger partial charge in [0.1, 0.15) is 0 Å². The standard InChI is InChI=1S/C32H28ClN3O7/c1-18(31(37)35-26-13-12-21(36(39)40)17-24(26)33)43-32(38)29-22-8-4-5-10-25(22)34-30-20(7-6-9-23(29)30)15-19-11-14-27(41-2)28(16-19)42-3/h4-5,8,10-18H,6-7,9H2,1-3H3,(H,35,37)/b20-15-/t18-/m0/s1. The molecule has 0 aliphatic heterocycles. The van der Waals surface area contributed by atoms with Gasteiger partial charge in [0.2, 0.25) is 0 Å². The summed E-state index contributed by atoms with van der Waals surface area (Å²) < 4.78 is 16.5. The number of esters is 1. The largest absolute Gasteiger partial charge is 0.493 e. The van der Waals surface area contributed by atoms with Crippen molar-refractivity contribution in [3.63, 3.8) is 0 Å². The molecule has 0 fully saturated rings. The van der Waals surface area contributed by atoms with E-state index in [0.29, 0.717) is 40.1 Å². The van der Waals surface area contributed by atoms with Gasteiger partial charge in [0.15, 0.2) is 17.6 Å². The number of hydrogen-bond donors (Lipinski definition) is 1. The van der Waals surface area contributed by atoms with Crippen molar-refractivity contribution in [3.8, 4) is 11.5 Å². The van der Waals surface area contributed by atoms with E-state index in [1.807, 2.05) is 48.5 Å². The summed E-state index contributed by atoms with van der Waals surface area (Å²) >= 11 is 6.12. The highest BCUT2D eigenvalue weighted by Crippen LogP contribution is 2.38. The van der Waals surface area contributed by atoms with Crippen LogP contribution in [0, 0.1) is 10.1 Å². The first kappa shape index (κ1) is 29.5. The van der Waals surface area contributed by atoms with E-state index in [2.05, 4.69) is 5.32 Å². The summed E-state index contributed by atoms with van der Waals surface area (Å²) in [6, 6.07) is 16.6. The van der Waals surface area contributed by atoms with E-state index in [1.165, 1.54) is 19.1 Å². The molecule has 11 heteroatoms. The lowest BCUT2D eigenvalue weighted by Gasteiger charge is -2.23. The molecule has 1 aliphatic rings. The van der Waals surface area contributed by atoms with Crippen molar-refractivity contribution in [2.75, 3.05) is 19.5 Å². The maximum absolute atomic E-state index is 13.7. The number of aromatic nitrogens is 1. The van der Waals surface area contributed by atoms with Gasteiger partial charge in [-0.2, -0.15) is 0 Å². The zero-order valence-electron chi connectivity index (χ0n) is 23.7. The number of non-ortho nitro benzene ring substituents is 1. The molecule has 1 atom stereocenters. The number of allylic oxidation sites excluding steroid dienone is 1. The Bertz CT molecular complexity index is 1790. The highest BCUT2D eigenvalue weighted by molar-refractivity contribution is 6.34. The van der Waals surface area contributed by atoms with Crippen LogP contribution in [0.1, 0.15) is 46.9 Å².